The largest absolute Gasteiger partial charge is 0.378 e. The van der Waals surface area contributed by atoms with Crippen molar-refractivity contribution in [1.29, 1.82) is 0 Å². The second-order valence-corrected chi connectivity index (χ2v) is 6.39. The standard InChI is InChI=1S/C17H18BrN3O3/c18-13-5-6-17(23)21(11-13)12-16(22)19-14-3-1-2-4-15(14)20-7-9-24-10-8-20/h1-6,11H,7-10,12H2,(H,19,22). The molecule has 1 aromatic carbocycles. The Morgan fingerprint density at radius 1 is 1.17 bits per heavy atom. The van der Waals surface area contributed by atoms with Crippen molar-refractivity contribution < 1.29 is 9.53 Å². The van der Waals surface area contributed by atoms with Crippen molar-refractivity contribution in [3.63, 3.8) is 0 Å². The summed E-state index contributed by atoms with van der Waals surface area (Å²) in [6.07, 6.45) is 1.61. The fourth-order valence-electron chi connectivity index (χ4n) is 2.63. The topological polar surface area (TPSA) is 63.6 Å². The van der Waals surface area contributed by atoms with Crippen molar-refractivity contribution in [3.05, 3.63) is 57.4 Å². The van der Waals surface area contributed by atoms with Gasteiger partial charge in [-0.2, -0.15) is 0 Å². The fraction of sp³-hybridized carbons (Fsp3) is 0.294. The summed E-state index contributed by atoms with van der Waals surface area (Å²) in [5.41, 5.74) is 1.50. The Hall–Kier alpha value is -2.12. The molecule has 1 aliphatic rings. The first-order valence-corrected chi connectivity index (χ1v) is 8.50. The number of hydrogen-bond acceptors (Lipinski definition) is 4. The summed E-state index contributed by atoms with van der Waals surface area (Å²) in [6.45, 7) is 2.90. The SMILES string of the molecule is O=C(Cn1cc(Br)ccc1=O)Nc1ccccc1N1CCOCC1. The summed E-state index contributed by atoms with van der Waals surface area (Å²) in [7, 11) is 0. The molecule has 3 rings (SSSR count). The average molecular weight is 392 g/mol. The maximum atomic E-state index is 12.4. The molecule has 0 atom stereocenters. The summed E-state index contributed by atoms with van der Waals surface area (Å²) in [6, 6.07) is 10.8. The van der Waals surface area contributed by atoms with E-state index in [2.05, 4.69) is 26.1 Å². The van der Waals surface area contributed by atoms with Crippen LogP contribution < -0.4 is 15.8 Å². The lowest BCUT2D eigenvalue weighted by Crippen LogP contribution is -2.37. The van der Waals surface area contributed by atoms with Gasteiger partial charge in [-0.25, -0.2) is 0 Å². The second kappa shape index (κ2) is 7.63. The van der Waals surface area contributed by atoms with E-state index in [0.717, 1.165) is 28.9 Å². The third-order valence-electron chi connectivity index (χ3n) is 3.79. The molecule has 24 heavy (non-hydrogen) atoms. The number of rotatable bonds is 4. The van der Waals surface area contributed by atoms with Gasteiger partial charge in [-0.1, -0.05) is 12.1 Å². The first-order valence-electron chi connectivity index (χ1n) is 7.71. The Morgan fingerprint density at radius 3 is 2.71 bits per heavy atom. The molecule has 1 aromatic heterocycles. The summed E-state index contributed by atoms with van der Waals surface area (Å²) < 4.78 is 7.50. The van der Waals surface area contributed by atoms with E-state index < -0.39 is 0 Å². The molecular weight excluding hydrogens is 374 g/mol. The number of anilines is 2. The van der Waals surface area contributed by atoms with Crippen molar-refractivity contribution in [2.24, 2.45) is 0 Å². The zero-order valence-electron chi connectivity index (χ0n) is 13.1. The first kappa shape index (κ1) is 16.7. The maximum Gasteiger partial charge on any atom is 0.251 e. The van der Waals surface area contributed by atoms with E-state index in [-0.39, 0.29) is 18.0 Å². The minimum Gasteiger partial charge on any atom is -0.378 e. The van der Waals surface area contributed by atoms with E-state index in [4.69, 9.17) is 4.74 Å². The first-order chi connectivity index (χ1) is 11.6. The van der Waals surface area contributed by atoms with Gasteiger partial charge >= 0.3 is 0 Å². The summed E-state index contributed by atoms with van der Waals surface area (Å²) in [5.74, 6) is -0.240. The van der Waals surface area contributed by atoms with Gasteiger partial charge in [-0.3, -0.25) is 9.59 Å². The molecule has 0 unspecified atom stereocenters. The van der Waals surface area contributed by atoms with Crippen molar-refractivity contribution in [1.82, 2.24) is 4.57 Å². The van der Waals surface area contributed by atoms with Crippen LogP contribution in [-0.2, 0) is 16.1 Å². The van der Waals surface area contributed by atoms with Crippen LogP contribution in [0.1, 0.15) is 0 Å². The van der Waals surface area contributed by atoms with E-state index in [1.807, 2.05) is 24.3 Å². The number of carbonyl (C=O) groups excluding carboxylic acids is 1. The highest BCUT2D eigenvalue weighted by atomic mass is 79.9. The average Bonchev–Trinajstić information content (AvgIpc) is 2.59. The van der Waals surface area contributed by atoms with Crippen LogP contribution in [0.3, 0.4) is 0 Å². The number of para-hydroxylation sites is 2. The minimum absolute atomic E-state index is 0.0320. The predicted molar refractivity (Wildman–Crippen MR) is 96.5 cm³/mol. The molecule has 0 saturated carbocycles. The van der Waals surface area contributed by atoms with E-state index in [1.165, 1.54) is 10.6 Å². The third kappa shape index (κ3) is 4.04. The number of ether oxygens (including phenoxy) is 1. The van der Waals surface area contributed by atoms with Gasteiger partial charge in [-0.05, 0) is 34.1 Å². The Balaban J connectivity index is 1.74. The van der Waals surface area contributed by atoms with Crippen molar-refractivity contribution in [2.75, 3.05) is 36.5 Å². The molecule has 1 aliphatic heterocycles. The number of nitrogens with one attached hydrogen (secondary N) is 1. The molecule has 2 heterocycles. The van der Waals surface area contributed by atoms with E-state index in [1.54, 1.807) is 12.3 Å². The minimum atomic E-state index is -0.240. The lowest BCUT2D eigenvalue weighted by Gasteiger charge is -2.30. The molecule has 2 aromatic rings. The normalized spacial score (nSPS) is 14.5. The summed E-state index contributed by atoms with van der Waals surface area (Å²) in [4.78, 5) is 26.3. The van der Waals surface area contributed by atoms with E-state index in [9.17, 15) is 9.59 Å². The highest BCUT2D eigenvalue weighted by molar-refractivity contribution is 9.10. The van der Waals surface area contributed by atoms with Gasteiger partial charge in [0.05, 0.1) is 24.6 Å². The van der Waals surface area contributed by atoms with Gasteiger partial charge in [0.2, 0.25) is 5.91 Å². The Morgan fingerprint density at radius 2 is 1.92 bits per heavy atom. The quantitative estimate of drug-likeness (QED) is 0.866. The van der Waals surface area contributed by atoms with Crippen LogP contribution in [0.4, 0.5) is 11.4 Å². The second-order valence-electron chi connectivity index (χ2n) is 5.48. The van der Waals surface area contributed by atoms with Gasteiger partial charge in [0.15, 0.2) is 0 Å². The van der Waals surface area contributed by atoms with E-state index >= 15 is 0 Å². The Labute approximate surface area is 148 Å². The Bertz CT molecular complexity index is 785. The predicted octanol–water partition coefficient (Wildman–Crippen LogP) is 2.09. The van der Waals surface area contributed by atoms with Crippen LogP contribution in [0.5, 0.6) is 0 Å². The van der Waals surface area contributed by atoms with Crippen LogP contribution in [0.15, 0.2) is 51.9 Å². The third-order valence-corrected chi connectivity index (χ3v) is 4.26. The van der Waals surface area contributed by atoms with Crippen LogP contribution in [-0.4, -0.2) is 36.8 Å². The van der Waals surface area contributed by atoms with E-state index in [0.29, 0.717) is 13.2 Å². The Kier molecular flexibility index (Phi) is 5.32. The zero-order valence-corrected chi connectivity index (χ0v) is 14.7. The molecule has 6 nitrogen and oxygen atoms in total. The van der Waals surface area contributed by atoms with Crippen LogP contribution in [0.2, 0.25) is 0 Å². The lowest BCUT2D eigenvalue weighted by molar-refractivity contribution is -0.116. The maximum absolute atomic E-state index is 12.4. The number of carbonyl (C=O) groups is 1. The molecule has 1 amide bonds. The number of benzene rings is 1. The molecule has 0 aliphatic carbocycles. The van der Waals surface area contributed by atoms with Gasteiger partial charge in [0.25, 0.3) is 5.56 Å². The number of aromatic nitrogens is 1. The summed E-state index contributed by atoms with van der Waals surface area (Å²) >= 11 is 3.31. The number of halogens is 1. The highest BCUT2D eigenvalue weighted by Crippen LogP contribution is 2.26. The van der Waals surface area contributed by atoms with Crippen LogP contribution >= 0.6 is 15.9 Å². The molecule has 1 saturated heterocycles. The summed E-state index contributed by atoms with van der Waals surface area (Å²) in [5, 5.41) is 2.91. The zero-order chi connectivity index (χ0) is 16.9. The van der Waals surface area contributed by atoms with Crippen LogP contribution in [0.25, 0.3) is 0 Å². The van der Waals surface area contributed by atoms with Gasteiger partial charge in [0, 0.05) is 29.8 Å². The van der Waals surface area contributed by atoms with Crippen molar-refractivity contribution >= 4 is 33.2 Å². The van der Waals surface area contributed by atoms with Gasteiger partial charge in [-0.15, -0.1) is 0 Å². The van der Waals surface area contributed by atoms with Crippen molar-refractivity contribution in [3.8, 4) is 0 Å². The molecular formula is C17H18BrN3O3. The van der Waals surface area contributed by atoms with Gasteiger partial charge < -0.3 is 19.5 Å². The molecule has 0 spiro atoms. The molecule has 1 fully saturated rings. The number of nitrogens with zero attached hydrogens (tertiary/aromatic N) is 2. The molecule has 1 N–H and O–H groups in total. The number of amides is 1. The molecule has 126 valence electrons. The monoisotopic (exact) mass is 391 g/mol. The lowest BCUT2D eigenvalue weighted by atomic mass is 10.2. The molecule has 0 radical (unpaired) electrons. The van der Waals surface area contributed by atoms with Gasteiger partial charge in [0.1, 0.15) is 6.54 Å². The number of pyridine rings is 1. The number of morpholine rings is 1. The highest BCUT2D eigenvalue weighted by Gasteiger charge is 2.16. The van der Waals surface area contributed by atoms with Crippen molar-refractivity contribution in [2.45, 2.75) is 6.54 Å². The molecule has 7 heteroatoms. The molecule has 0 bridgehead atoms. The fourth-order valence-corrected chi connectivity index (χ4v) is 3.01. The number of hydrogen-bond donors (Lipinski definition) is 1. The smallest absolute Gasteiger partial charge is 0.251 e. The van der Waals surface area contributed by atoms with Crippen LogP contribution in [0, 0.1) is 0 Å².